The van der Waals surface area contributed by atoms with Gasteiger partial charge in [0, 0.05) is 26.1 Å². The molecule has 0 aromatic carbocycles. The predicted octanol–water partition coefficient (Wildman–Crippen LogP) is 0.642. The van der Waals surface area contributed by atoms with E-state index in [9.17, 15) is 9.90 Å². The number of nitrogens with zero attached hydrogens (tertiary/aromatic N) is 1. The number of amides is 1. The average molecular weight is 215 g/mol. The van der Waals surface area contributed by atoms with Gasteiger partial charge in [-0.2, -0.15) is 0 Å². The second-order valence-electron chi connectivity index (χ2n) is 4.77. The average Bonchev–Trinajstić information content (AvgIpc) is 2.17. The number of aliphatic hydroxyl groups is 1. The zero-order chi connectivity index (χ0) is 11.5. The Balaban J connectivity index is 2.52. The van der Waals surface area contributed by atoms with Gasteiger partial charge in [-0.25, -0.2) is 0 Å². The van der Waals surface area contributed by atoms with Gasteiger partial charge >= 0.3 is 0 Å². The van der Waals surface area contributed by atoms with Crippen molar-refractivity contribution >= 4 is 5.91 Å². The highest BCUT2D eigenvalue weighted by Gasteiger charge is 2.32. The van der Waals surface area contributed by atoms with E-state index in [4.69, 9.17) is 4.74 Å². The fourth-order valence-electron chi connectivity index (χ4n) is 2.00. The van der Waals surface area contributed by atoms with Gasteiger partial charge in [-0.05, 0) is 26.7 Å². The van der Waals surface area contributed by atoms with Crippen LogP contribution < -0.4 is 0 Å². The molecule has 0 spiro atoms. The van der Waals surface area contributed by atoms with Crippen LogP contribution >= 0.6 is 0 Å². The molecule has 0 aromatic rings. The Morgan fingerprint density at radius 3 is 2.80 bits per heavy atom. The van der Waals surface area contributed by atoms with Crippen LogP contribution in [-0.4, -0.2) is 48.3 Å². The largest absolute Gasteiger partial charge is 0.390 e. The van der Waals surface area contributed by atoms with Crippen LogP contribution in [0.4, 0.5) is 0 Å². The van der Waals surface area contributed by atoms with Gasteiger partial charge in [0.2, 0.25) is 5.91 Å². The second kappa shape index (κ2) is 4.94. The summed E-state index contributed by atoms with van der Waals surface area (Å²) in [5.74, 6) is 0.193. The lowest BCUT2D eigenvalue weighted by molar-refractivity contribution is -0.139. The van der Waals surface area contributed by atoms with Crippen molar-refractivity contribution in [3.05, 3.63) is 0 Å². The first-order chi connectivity index (χ1) is 6.95. The third-order valence-corrected chi connectivity index (χ3v) is 3.04. The molecular formula is C11H21NO3. The topological polar surface area (TPSA) is 49.8 Å². The minimum Gasteiger partial charge on any atom is -0.390 e. The van der Waals surface area contributed by atoms with Gasteiger partial charge in [0.15, 0.2) is 0 Å². The smallest absolute Gasteiger partial charge is 0.248 e. The fraction of sp³-hybridized carbons (Fsp3) is 0.909. The van der Waals surface area contributed by atoms with E-state index in [1.165, 1.54) is 7.11 Å². The molecule has 0 bridgehead atoms. The van der Waals surface area contributed by atoms with E-state index in [-0.39, 0.29) is 18.4 Å². The molecule has 15 heavy (non-hydrogen) atoms. The molecule has 1 aliphatic heterocycles. The summed E-state index contributed by atoms with van der Waals surface area (Å²) in [6.45, 7) is 5.18. The number of hydrogen-bond donors (Lipinski definition) is 1. The van der Waals surface area contributed by atoms with E-state index < -0.39 is 5.60 Å². The first-order valence-electron chi connectivity index (χ1n) is 5.44. The van der Waals surface area contributed by atoms with Crippen LogP contribution in [-0.2, 0) is 9.53 Å². The highest BCUT2D eigenvalue weighted by Crippen LogP contribution is 2.26. The molecule has 1 aliphatic rings. The van der Waals surface area contributed by atoms with Crippen LogP contribution in [0.3, 0.4) is 0 Å². The Bertz CT molecular complexity index is 222. The molecule has 1 heterocycles. The third kappa shape index (κ3) is 3.47. The van der Waals surface area contributed by atoms with Crippen molar-refractivity contribution in [1.29, 1.82) is 0 Å². The van der Waals surface area contributed by atoms with E-state index >= 15 is 0 Å². The van der Waals surface area contributed by atoms with E-state index in [0.29, 0.717) is 6.54 Å². The van der Waals surface area contributed by atoms with Gasteiger partial charge in [-0.1, -0.05) is 0 Å². The van der Waals surface area contributed by atoms with Crippen LogP contribution in [0, 0.1) is 5.92 Å². The summed E-state index contributed by atoms with van der Waals surface area (Å²) in [7, 11) is 1.52. The molecule has 0 radical (unpaired) electrons. The highest BCUT2D eigenvalue weighted by atomic mass is 16.5. The normalized spacial score (nSPS) is 22.9. The van der Waals surface area contributed by atoms with E-state index in [2.05, 4.69) is 0 Å². The molecule has 0 saturated carbocycles. The third-order valence-electron chi connectivity index (χ3n) is 3.04. The van der Waals surface area contributed by atoms with Crippen LogP contribution in [0.1, 0.15) is 26.7 Å². The van der Waals surface area contributed by atoms with Crippen molar-refractivity contribution in [2.75, 3.05) is 26.8 Å². The van der Waals surface area contributed by atoms with Gasteiger partial charge in [0.05, 0.1) is 5.60 Å². The molecule has 1 rings (SSSR count). The van der Waals surface area contributed by atoms with Crippen LogP contribution in [0.15, 0.2) is 0 Å². The second-order valence-corrected chi connectivity index (χ2v) is 4.77. The zero-order valence-corrected chi connectivity index (χ0v) is 9.82. The van der Waals surface area contributed by atoms with Crippen LogP contribution in [0.5, 0.6) is 0 Å². The molecule has 1 N–H and O–H groups in total. The van der Waals surface area contributed by atoms with E-state index in [1.807, 2.05) is 13.8 Å². The number of piperidine rings is 1. The number of hydrogen-bond acceptors (Lipinski definition) is 3. The summed E-state index contributed by atoms with van der Waals surface area (Å²) in [4.78, 5) is 13.4. The molecule has 88 valence electrons. The summed E-state index contributed by atoms with van der Waals surface area (Å²) in [6.07, 6.45) is 1.95. The molecule has 4 nitrogen and oxygen atoms in total. The van der Waals surface area contributed by atoms with Gasteiger partial charge in [0.25, 0.3) is 0 Å². The quantitative estimate of drug-likeness (QED) is 0.751. The lowest BCUT2D eigenvalue weighted by Crippen LogP contribution is -2.47. The van der Waals surface area contributed by atoms with Crippen molar-refractivity contribution in [3.8, 4) is 0 Å². The summed E-state index contributed by atoms with van der Waals surface area (Å²) in [6, 6.07) is 0. The Hall–Kier alpha value is -0.610. The van der Waals surface area contributed by atoms with Gasteiger partial charge < -0.3 is 14.7 Å². The molecule has 0 aliphatic carbocycles. The molecule has 1 atom stereocenters. The maximum absolute atomic E-state index is 11.6. The highest BCUT2D eigenvalue weighted by molar-refractivity contribution is 5.77. The number of ether oxygens (including phenoxy) is 1. The van der Waals surface area contributed by atoms with Gasteiger partial charge in [-0.3, -0.25) is 4.79 Å². The lowest BCUT2D eigenvalue weighted by atomic mass is 9.84. The van der Waals surface area contributed by atoms with E-state index in [0.717, 1.165) is 19.4 Å². The number of carbonyl (C=O) groups is 1. The van der Waals surface area contributed by atoms with E-state index in [1.54, 1.807) is 4.90 Å². The number of rotatable bonds is 3. The first kappa shape index (κ1) is 12.5. The fourth-order valence-corrected chi connectivity index (χ4v) is 2.00. The summed E-state index contributed by atoms with van der Waals surface area (Å²) in [5.41, 5.74) is -0.702. The van der Waals surface area contributed by atoms with Gasteiger partial charge in [0.1, 0.15) is 6.61 Å². The van der Waals surface area contributed by atoms with Crippen molar-refractivity contribution < 1.29 is 14.6 Å². The molecule has 0 aromatic heterocycles. The number of likely N-dealkylation sites (tertiary alicyclic amines) is 1. The Morgan fingerprint density at radius 2 is 2.27 bits per heavy atom. The van der Waals surface area contributed by atoms with Gasteiger partial charge in [-0.15, -0.1) is 0 Å². The van der Waals surface area contributed by atoms with Crippen molar-refractivity contribution in [1.82, 2.24) is 4.90 Å². The molecular weight excluding hydrogens is 194 g/mol. The molecule has 4 heteroatoms. The minimum absolute atomic E-state index is 0.0199. The summed E-state index contributed by atoms with van der Waals surface area (Å²) in [5, 5.41) is 9.90. The van der Waals surface area contributed by atoms with Crippen LogP contribution in [0.25, 0.3) is 0 Å². The summed E-state index contributed by atoms with van der Waals surface area (Å²) < 4.78 is 4.82. The standard InChI is InChI=1S/C11H21NO3/c1-11(2,14)9-5-4-6-12(7-9)10(13)8-15-3/h9,14H,4-8H2,1-3H3. The molecule has 1 unspecified atom stereocenters. The Morgan fingerprint density at radius 1 is 1.60 bits per heavy atom. The van der Waals surface area contributed by atoms with Crippen molar-refractivity contribution in [3.63, 3.8) is 0 Å². The monoisotopic (exact) mass is 215 g/mol. The predicted molar refractivity (Wildman–Crippen MR) is 57.5 cm³/mol. The Labute approximate surface area is 91.2 Å². The van der Waals surface area contributed by atoms with Crippen molar-refractivity contribution in [2.24, 2.45) is 5.92 Å². The minimum atomic E-state index is -0.702. The Kier molecular flexibility index (Phi) is 4.11. The number of carbonyl (C=O) groups excluding carboxylic acids is 1. The maximum atomic E-state index is 11.6. The molecule has 1 amide bonds. The first-order valence-corrected chi connectivity index (χ1v) is 5.44. The summed E-state index contributed by atoms with van der Waals surface area (Å²) >= 11 is 0. The lowest BCUT2D eigenvalue weighted by Gasteiger charge is -2.38. The van der Waals surface area contributed by atoms with Crippen LogP contribution in [0.2, 0.25) is 0 Å². The zero-order valence-electron chi connectivity index (χ0n) is 9.82. The number of methoxy groups -OCH3 is 1. The maximum Gasteiger partial charge on any atom is 0.248 e. The van der Waals surface area contributed by atoms with Crippen molar-refractivity contribution in [2.45, 2.75) is 32.3 Å². The SMILES string of the molecule is COCC(=O)N1CCCC(C(C)(C)O)C1. The molecule has 1 saturated heterocycles. The molecule has 1 fully saturated rings.